The maximum absolute atomic E-state index is 11.9. The van der Waals surface area contributed by atoms with E-state index in [1.165, 1.54) is 16.8 Å². The van der Waals surface area contributed by atoms with Crippen LogP contribution in [0.2, 0.25) is 0 Å². The van der Waals surface area contributed by atoms with Crippen molar-refractivity contribution >= 4 is 17.6 Å². The van der Waals surface area contributed by atoms with Gasteiger partial charge in [-0.25, -0.2) is 4.79 Å². The van der Waals surface area contributed by atoms with Gasteiger partial charge in [-0.2, -0.15) is 0 Å². The average Bonchev–Trinajstić information content (AvgIpc) is 2.56. The minimum absolute atomic E-state index is 0.246. The Bertz CT molecular complexity index is 580. The molecule has 3 amide bonds. The summed E-state index contributed by atoms with van der Waals surface area (Å²) in [7, 11) is 0. The monoisotopic (exact) mass is 332 g/mol. The van der Waals surface area contributed by atoms with Crippen LogP contribution in [0.15, 0.2) is 18.2 Å². The third-order valence-corrected chi connectivity index (χ3v) is 4.44. The molecule has 1 fully saturated rings. The van der Waals surface area contributed by atoms with Crippen LogP contribution in [-0.4, -0.2) is 56.1 Å². The summed E-state index contributed by atoms with van der Waals surface area (Å²) < 4.78 is 0. The van der Waals surface area contributed by atoms with Gasteiger partial charge in [0.25, 0.3) is 0 Å². The highest BCUT2D eigenvalue weighted by atomic mass is 16.2. The van der Waals surface area contributed by atoms with E-state index >= 15 is 0 Å². The first-order valence-corrected chi connectivity index (χ1v) is 8.62. The molecular weight excluding hydrogens is 304 g/mol. The van der Waals surface area contributed by atoms with E-state index in [2.05, 4.69) is 52.5 Å². The van der Waals surface area contributed by atoms with Gasteiger partial charge in [0.15, 0.2) is 0 Å². The highest BCUT2D eigenvalue weighted by Crippen LogP contribution is 2.23. The Morgan fingerprint density at radius 2 is 1.83 bits per heavy atom. The second-order valence-electron chi connectivity index (χ2n) is 6.29. The van der Waals surface area contributed by atoms with Crippen molar-refractivity contribution in [1.29, 1.82) is 0 Å². The first-order valence-electron chi connectivity index (χ1n) is 8.62. The first-order chi connectivity index (χ1) is 11.5. The highest BCUT2D eigenvalue weighted by Gasteiger charge is 2.21. The lowest BCUT2D eigenvalue weighted by molar-refractivity contribution is -0.121. The van der Waals surface area contributed by atoms with E-state index < -0.39 is 6.03 Å². The van der Waals surface area contributed by atoms with Crippen molar-refractivity contribution in [1.82, 2.24) is 15.5 Å². The van der Waals surface area contributed by atoms with Crippen molar-refractivity contribution in [3.8, 4) is 0 Å². The Labute approximate surface area is 144 Å². The van der Waals surface area contributed by atoms with E-state index in [0.29, 0.717) is 6.54 Å². The summed E-state index contributed by atoms with van der Waals surface area (Å²) in [4.78, 5) is 27.9. The lowest BCUT2D eigenvalue weighted by atomic mass is 10.1. The number of hydrogen-bond acceptors (Lipinski definition) is 4. The molecule has 2 N–H and O–H groups in total. The molecular formula is C18H28N4O2. The Balaban J connectivity index is 1.79. The summed E-state index contributed by atoms with van der Waals surface area (Å²) >= 11 is 0. The van der Waals surface area contributed by atoms with Crippen LogP contribution < -0.4 is 15.5 Å². The first kappa shape index (κ1) is 18.3. The number of aryl methyl sites for hydroxylation is 1. The lowest BCUT2D eigenvalue weighted by Gasteiger charge is -2.36. The number of hydrogen-bond donors (Lipinski definition) is 2. The molecule has 24 heavy (non-hydrogen) atoms. The number of benzene rings is 1. The number of rotatable bonds is 5. The quantitative estimate of drug-likeness (QED) is 0.861. The molecule has 1 aliphatic rings. The SMILES string of the molecule is CCCNC(=O)NC(=O)CN1CCN(c2cccc(C)c2C)CC1. The summed E-state index contributed by atoms with van der Waals surface area (Å²) in [5.41, 5.74) is 3.89. The number of anilines is 1. The predicted molar refractivity (Wildman–Crippen MR) is 96.4 cm³/mol. The molecule has 0 spiro atoms. The number of amides is 3. The van der Waals surface area contributed by atoms with Crippen LogP contribution in [0.4, 0.5) is 10.5 Å². The van der Waals surface area contributed by atoms with Gasteiger partial charge in [-0.05, 0) is 37.5 Å². The zero-order valence-corrected chi connectivity index (χ0v) is 14.9. The molecule has 0 aliphatic carbocycles. The predicted octanol–water partition coefficient (Wildman–Crippen LogP) is 1.66. The van der Waals surface area contributed by atoms with Gasteiger partial charge in [0.05, 0.1) is 6.54 Å². The fourth-order valence-electron chi connectivity index (χ4n) is 2.88. The van der Waals surface area contributed by atoms with Crippen molar-refractivity contribution in [3.05, 3.63) is 29.3 Å². The van der Waals surface area contributed by atoms with Gasteiger partial charge in [-0.3, -0.25) is 15.0 Å². The molecule has 0 atom stereocenters. The molecule has 0 aromatic heterocycles. The van der Waals surface area contributed by atoms with Gasteiger partial charge in [0.2, 0.25) is 5.91 Å². The number of imide groups is 1. The third kappa shape index (κ3) is 4.96. The summed E-state index contributed by atoms with van der Waals surface area (Å²) in [6.45, 7) is 10.5. The van der Waals surface area contributed by atoms with Crippen molar-refractivity contribution in [3.63, 3.8) is 0 Å². The smallest absolute Gasteiger partial charge is 0.321 e. The van der Waals surface area contributed by atoms with E-state index in [0.717, 1.165) is 32.6 Å². The molecule has 1 aliphatic heterocycles. The number of urea groups is 1. The Morgan fingerprint density at radius 1 is 1.12 bits per heavy atom. The number of piperazine rings is 1. The van der Waals surface area contributed by atoms with Gasteiger partial charge >= 0.3 is 6.03 Å². The largest absolute Gasteiger partial charge is 0.369 e. The molecule has 1 aromatic carbocycles. The second kappa shape index (κ2) is 8.68. The molecule has 0 radical (unpaired) electrons. The van der Waals surface area contributed by atoms with Crippen LogP contribution in [0.3, 0.4) is 0 Å². The van der Waals surface area contributed by atoms with Crippen molar-refractivity contribution in [2.24, 2.45) is 0 Å². The molecule has 1 saturated heterocycles. The number of carbonyl (C=O) groups excluding carboxylic acids is 2. The van der Waals surface area contributed by atoms with Crippen LogP contribution in [0, 0.1) is 13.8 Å². The fraction of sp³-hybridized carbons (Fsp3) is 0.556. The zero-order valence-electron chi connectivity index (χ0n) is 14.9. The van der Waals surface area contributed by atoms with Crippen LogP contribution >= 0.6 is 0 Å². The van der Waals surface area contributed by atoms with Crippen molar-refractivity contribution in [2.45, 2.75) is 27.2 Å². The van der Waals surface area contributed by atoms with Crippen LogP contribution in [0.1, 0.15) is 24.5 Å². The standard InChI is InChI=1S/C18H28N4O2/c1-4-8-19-18(24)20-17(23)13-21-9-11-22(12-10-21)16-7-5-6-14(2)15(16)3/h5-7H,4,8-13H2,1-3H3,(H2,19,20,23,24). The molecule has 0 unspecified atom stereocenters. The topological polar surface area (TPSA) is 64.7 Å². The number of nitrogens with one attached hydrogen (secondary N) is 2. The molecule has 0 saturated carbocycles. The number of carbonyl (C=O) groups is 2. The summed E-state index contributed by atoms with van der Waals surface area (Å²) in [6, 6.07) is 5.97. The molecule has 132 valence electrons. The normalized spacial score (nSPS) is 15.2. The third-order valence-electron chi connectivity index (χ3n) is 4.44. The Morgan fingerprint density at radius 3 is 2.50 bits per heavy atom. The molecule has 1 aromatic rings. The fourth-order valence-corrected chi connectivity index (χ4v) is 2.88. The average molecular weight is 332 g/mol. The van der Waals surface area contributed by atoms with Crippen LogP contribution in [-0.2, 0) is 4.79 Å². The van der Waals surface area contributed by atoms with Gasteiger partial charge < -0.3 is 10.2 Å². The van der Waals surface area contributed by atoms with E-state index in [-0.39, 0.29) is 12.5 Å². The molecule has 6 heteroatoms. The Hall–Kier alpha value is -2.08. The maximum Gasteiger partial charge on any atom is 0.321 e. The second-order valence-corrected chi connectivity index (χ2v) is 6.29. The minimum atomic E-state index is -0.407. The van der Waals surface area contributed by atoms with Gasteiger partial charge in [-0.1, -0.05) is 19.1 Å². The molecule has 0 bridgehead atoms. The van der Waals surface area contributed by atoms with E-state index in [9.17, 15) is 9.59 Å². The van der Waals surface area contributed by atoms with E-state index in [1.54, 1.807) is 0 Å². The summed E-state index contributed by atoms with van der Waals surface area (Å²) in [6.07, 6.45) is 0.849. The minimum Gasteiger partial charge on any atom is -0.369 e. The summed E-state index contributed by atoms with van der Waals surface area (Å²) in [5.74, 6) is -0.246. The summed E-state index contributed by atoms with van der Waals surface area (Å²) in [5, 5.41) is 5.02. The van der Waals surface area contributed by atoms with Gasteiger partial charge in [0.1, 0.15) is 0 Å². The van der Waals surface area contributed by atoms with Gasteiger partial charge in [-0.15, -0.1) is 0 Å². The number of nitrogens with zero attached hydrogens (tertiary/aromatic N) is 2. The van der Waals surface area contributed by atoms with Crippen molar-refractivity contribution in [2.75, 3.05) is 44.2 Å². The molecule has 2 rings (SSSR count). The highest BCUT2D eigenvalue weighted by molar-refractivity contribution is 5.95. The lowest BCUT2D eigenvalue weighted by Crippen LogP contribution is -2.51. The van der Waals surface area contributed by atoms with E-state index in [1.807, 2.05) is 6.92 Å². The Kier molecular flexibility index (Phi) is 6.61. The van der Waals surface area contributed by atoms with E-state index in [4.69, 9.17) is 0 Å². The molecule has 1 heterocycles. The van der Waals surface area contributed by atoms with Crippen molar-refractivity contribution < 1.29 is 9.59 Å². The zero-order chi connectivity index (χ0) is 17.5. The van der Waals surface area contributed by atoms with Crippen LogP contribution in [0.25, 0.3) is 0 Å². The van der Waals surface area contributed by atoms with Gasteiger partial charge in [0, 0.05) is 38.4 Å². The molecule has 6 nitrogen and oxygen atoms in total. The maximum atomic E-state index is 11.9. The van der Waals surface area contributed by atoms with Crippen LogP contribution in [0.5, 0.6) is 0 Å².